The van der Waals surface area contributed by atoms with Crippen LogP contribution in [0.15, 0.2) is 54.9 Å². The summed E-state index contributed by atoms with van der Waals surface area (Å²) in [6.45, 7) is 4.88. The van der Waals surface area contributed by atoms with E-state index < -0.39 is 0 Å². The number of rotatable bonds is 6. The van der Waals surface area contributed by atoms with Crippen LogP contribution in [0.5, 0.6) is 5.75 Å². The first kappa shape index (κ1) is 16.8. The van der Waals surface area contributed by atoms with E-state index in [0.717, 1.165) is 28.6 Å². The van der Waals surface area contributed by atoms with Gasteiger partial charge in [0, 0.05) is 18.3 Å². The van der Waals surface area contributed by atoms with Gasteiger partial charge in [-0.1, -0.05) is 24.3 Å². The van der Waals surface area contributed by atoms with Crippen LogP contribution < -0.4 is 15.4 Å². The van der Waals surface area contributed by atoms with Crippen molar-refractivity contribution < 1.29 is 4.74 Å². The van der Waals surface area contributed by atoms with E-state index in [9.17, 15) is 0 Å². The van der Waals surface area contributed by atoms with E-state index in [2.05, 4.69) is 46.6 Å². The highest BCUT2D eigenvalue weighted by Crippen LogP contribution is 2.22. The van der Waals surface area contributed by atoms with Crippen LogP contribution in [0.25, 0.3) is 0 Å². The zero-order chi connectivity index (χ0) is 17.6. The monoisotopic (exact) mass is 334 g/mol. The first-order valence-electron chi connectivity index (χ1n) is 8.18. The van der Waals surface area contributed by atoms with Crippen molar-refractivity contribution in [2.45, 2.75) is 20.4 Å². The molecule has 0 saturated heterocycles. The summed E-state index contributed by atoms with van der Waals surface area (Å²) in [6, 6.07) is 16.1. The largest absolute Gasteiger partial charge is 0.497 e. The first-order chi connectivity index (χ1) is 12.2. The van der Waals surface area contributed by atoms with Gasteiger partial charge in [-0.05, 0) is 48.7 Å². The molecular formula is C20H22N4O. The number of hydrogen-bond acceptors (Lipinski definition) is 5. The molecule has 0 amide bonds. The lowest BCUT2D eigenvalue weighted by molar-refractivity contribution is 0.414. The fourth-order valence-electron chi connectivity index (χ4n) is 2.48. The van der Waals surface area contributed by atoms with E-state index in [-0.39, 0.29) is 0 Å². The third kappa shape index (κ3) is 4.26. The third-order valence-corrected chi connectivity index (χ3v) is 4.17. The van der Waals surface area contributed by atoms with Crippen molar-refractivity contribution in [1.82, 2.24) is 9.97 Å². The minimum absolute atomic E-state index is 0.684. The van der Waals surface area contributed by atoms with Gasteiger partial charge >= 0.3 is 0 Å². The molecule has 0 aliphatic rings. The maximum atomic E-state index is 5.17. The summed E-state index contributed by atoms with van der Waals surface area (Å²) in [5.74, 6) is 2.39. The highest BCUT2D eigenvalue weighted by molar-refractivity contribution is 5.63. The van der Waals surface area contributed by atoms with Gasteiger partial charge in [-0.3, -0.25) is 0 Å². The molecule has 0 fully saturated rings. The standard InChI is InChI=1S/C20H22N4O/c1-14-5-4-6-18(15(14)2)24-20-11-19(22-13-23-20)21-12-16-7-9-17(25-3)10-8-16/h4-11,13H,12H2,1-3H3,(H2,21,22,23,24). The Morgan fingerprint density at radius 3 is 2.48 bits per heavy atom. The van der Waals surface area contributed by atoms with Crippen molar-refractivity contribution in [2.24, 2.45) is 0 Å². The molecule has 0 saturated carbocycles. The van der Waals surface area contributed by atoms with Crippen LogP contribution in [-0.4, -0.2) is 17.1 Å². The Hall–Kier alpha value is -3.08. The lowest BCUT2D eigenvalue weighted by Crippen LogP contribution is -2.03. The van der Waals surface area contributed by atoms with Gasteiger partial charge in [0.15, 0.2) is 0 Å². The number of nitrogens with one attached hydrogen (secondary N) is 2. The van der Waals surface area contributed by atoms with Crippen molar-refractivity contribution in [2.75, 3.05) is 17.7 Å². The SMILES string of the molecule is COc1ccc(CNc2cc(Nc3cccc(C)c3C)ncn2)cc1. The van der Waals surface area contributed by atoms with Crippen molar-refractivity contribution in [3.8, 4) is 5.75 Å². The molecule has 3 aromatic rings. The molecule has 0 bridgehead atoms. The predicted octanol–water partition coefficient (Wildman–Crippen LogP) is 4.46. The first-order valence-corrected chi connectivity index (χ1v) is 8.18. The number of nitrogens with zero attached hydrogens (tertiary/aromatic N) is 2. The zero-order valence-electron chi connectivity index (χ0n) is 14.7. The maximum Gasteiger partial charge on any atom is 0.135 e. The number of aryl methyl sites for hydroxylation is 1. The molecule has 0 radical (unpaired) electrons. The van der Waals surface area contributed by atoms with Crippen LogP contribution in [-0.2, 0) is 6.54 Å². The Morgan fingerprint density at radius 1 is 0.960 bits per heavy atom. The minimum atomic E-state index is 0.684. The highest BCUT2D eigenvalue weighted by atomic mass is 16.5. The Bertz CT molecular complexity index is 847. The van der Waals surface area contributed by atoms with E-state index in [0.29, 0.717) is 6.54 Å². The second-order valence-electron chi connectivity index (χ2n) is 5.86. The molecule has 2 aromatic carbocycles. The van der Waals surface area contributed by atoms with E-state index in [1.54, 1.807) is 13.4 Å². The summed E-state index contributed by atoms with van der Waals surface area (Å²) >= 11 is 0. The molecule has 0 unspecified atom stereocenters. The average molecular weight is 334 g/mol. The molecule has 0 atom stereocenters. The van der Waals surface area contributed by atoms with Crippen LogP contribution >= 0.6 is 0 Å². The molecular weight excluding hydrogens is 312 g/mol. The van der Waals surface area contributed by atoms with Gasteiger partial charge < -0.3 is 15.4 Å². The Labute approximate surface area is 148 Å². The smallest absolute Gasteiger partial charge is 0.135 e. The fourth-order valence-corrected chi connectivity index (χ4v) is 2.48. The average Bonchev–Trinajstić information content (AvgIpc) is 2.64. The number of aromatic nitrogens is 2. The fraction of sp³-hybridized carbons (Fsp3) is 0.200. The summed E-state index contributed by atoms with van der Waals surface area (Å²) in [4.78, 5) is 8.59. The summed E-state index contributed by atoms with van der Waals surface area (Å²) in [5, 5.41) is 6.68. The molecule has 0 aliphatic heterocycles. The number of benzene rings is 2. The number of anilines is 3. The van der Waals surface area contributed by atoms with Crippen LogP contribution in [0, 0.1) is 13.8 Å². The summed E-state index contributed by atoms with van der Waals surface area (Å²) in [5.41, 5.74) is 4.68. The van der Waals surface area contributed by atoms with E-state index in [4.69, 9.17) is 4.74 Å². The molecule has 0 spiro atoms. The second-order valence-corrected chi connectivity index (χ2v) is 5.86. The molecule has 0 aliphatic carbocycles. The summed E-state index contributed by atoms with van der Waals surface area (Å²) in [7, 11) is 1.67. The van der Waals surface area contributed by atoms with Crippen molar-refractivity contribution >= 4 is 17.3 Å². The number of ether oxygens (including phenoxy) is 1. The van der Waals surface area contributed by atoms with Gasteiger partial charge in [-0.15, -0.1) is 0 Å². The quantitative estimate of drug-likeness (QED) is 0.697. The molecule has 5 nitrogen and oxygen atoms in total. The number of methoxy groups -OCH3 is 1. The highest BCUT2D eigenvalue weighted by Gasteiger charge is 2.04. The van der Waals surface area contributed by atoms with Crippen LogP contribution in [0.3, 0.4) is 0 Å². The minimum Gasteiger partial charge on any atom is -0.497 e. The molecule has 25 heavy (non-hydrogen) atoms. The molecule has 2 N–H and O–H groups in total. The van der Waals surface area contributed by atoms with Crippen LogP contribution in [0.2, 0.25) is 0 Å². The Balaban J connectivity index is 1.67. The van der Waals surface area contributed by atoms with E-state index in [1.807, 2.05) is 36.4 Å². The zero-order valence-corrected chi connectivity index (χ0v) is 14.7. The Kier molecular flexibility index (Phi) is 5.14. The summed E-state index contributed by atoms with van der Waals surface area (Å²) < 4.78 is 5.17. The molecule has 1 heterocycles. The van der Waals surface area contributed by atoms with Gasteiger partial charge in [0.25, 0.3) is 0 Å². The molecule has 1 aromatic heterocycles. The molecule has 5 heteroatoms. The Morgan fingerprint density at radius 2 is 1.72 bits per heavy atom. The normalized spacial score (nSPS) is 10.4. The van der Waals surface area contributed by atoms with E-state index in [1.165, 1.54) is 11.1 Å². The van der Waals surface area contributed by atoms with Gasteiger partial charge in [-0.2, -0.15) is 0 Å². The lowest BCUT2D eigenvalue weighted by atomic mass is 10.1. The molecule has 128 valence electrons. The van der Waals surface area contributed by atoms with Gasteiger partial charge in [0.2, 0.25) is 0 Å². The number of hydrogen-bond donors (Lipinski definition) is 2. The maximum absolute atomic E-state index is 5.17. The van der Waals surface area contributed by atoms with Crippen molar-refractivity contribution in [3.05, 3.63) is 71.5 Å². The summed E-state index contributed by atoms with van der Waals surface area (Å²) in [6.07, 6.45) is 1.56. The van der Waals surface area contributed by atoms with Crippen LogP contribution in [0.4, 0.5) is 17.3 Å². The van der Waals surface area contributed by atoms with E-state index >= 15 is 0 Å². The molecule has 3 rings (SSSR count). The van der Waals surface area contributed by atoms with Crippen molar-refractivity contribution in [3.63, 3.8) is 0 Å². The van der Waals surface area contributed by atoms with Gasteiger partial charge in [0.1, 0.15) is 23.7 Å². The van der Waals surface area contributed by atoms with Gasteiger partial charge in [0.05, 0.1) is 7.11 Å². The van der Waals surface area contributed by atoms with Gasteiger partial charge in [-0.25, -0.2) is 9.97 Å². The predicted molar refractivity (Wildman–Crippen MR) is 102 cm³/mol. The van der Waals surface area contributed by atoms with Crippen molar-refractivity contribution in [1.29, 1.82) is 0 Å². The second kappa shape index (κ2) is 7.66. The third-order valence-electron chi connectivity index (χ3n) is 4.17. The topological polar surface area (TPSA) is 59.1 Å². The van der Waals surface area contributed by atoms with Crippen LogP contribution in [0.1, 0.15) is 16.7 Å². The lowest BCUT2D eigenvalue weighted by Gasteiger charge is -2.12.